The molecule has 0 aromatic heterocycles. The van der Waals surface area contributed by atoms with Crippen molar-refractivity contribution in [2.45, 2.75) is 30.6 Å². The number of hydrogen-bond acceptors (Lipinski definition) is 3. The lowest BCUT2D eigenvalue weighted by Gasteiger charge is -2.15. The summed E-state index contributed by atoms with van der Waals surface area (Å²) in [4.78, 5) is 1.82. The van der Waals surface area contributed by atoms with Crippen molar-refractivity contribution >= 4 is 31.6 Å². The van der Waals surface area contributed by atoms with Gasteiger partial charge in [0.05, 0.1) is 4.47 Å². The van der Waals surface area contributed by atoms with Crippen molar-refractivity contribution in [3.63, 3.8) is 0 Å². The van der Waals surface area contributed by atoms with Gasteiger partial charge in [-0.25, -0.2) is 17.2 Å². The summed E-state index contributed by atoms with van der Waals surface area (Å²) >= 11 is 2.72. The molecule has 1 aliphatic rings. The molecule has 1 aliphatic heterocycles. The Balaban J connectivity index is 1.74. The van der Waals surface area contributed by atoms with E-state index < -0.39 is 31.0 Å². The highest BCUT2D eigenvalue weighted by molar-refractivity contribution is 9.10. The van der Waals surface area contributed by atoms with E-state index in [2.05, 4.69) is 32.5 Å². The molecule has 1 fully saturated rings. The summed E-state index contributed by atoms with van der Waals surface area (Å²) in [5, 5.41) is 0. The molecule has 1 N–H and O–H groups in total. The predicted octanol–water partition coefficient (Wildman–Crippen LogP) is 4.73. The van der Waals surface area contributed by atoms with Crippen LogP contribution in [0, 0.1) is 11.6 Å². The van der Waals surface area contributed by atoms with Gasteiger partial charge in [-0.05, 0) is 77.6 Å². The summed E-state index contributed by atoms with van der Waals surface area (Å²) in [7, 11) is -4.16. The lowest BCUT2D eigenvalue weighted by molar-refractivity contribution is 0.335. The highest BCUT2D eigenvalue weighted by Gasteiger charge is 2.25. The van der Waals surface area contributed by atoms with E-state index in [4.69, 9.17) is 0 Å². The van der Waals surface area contributed by atoms with E-state index >= 15 is 0 Å². The van der Waals surface area contributed by atoms with Crippen LogP contribution >= 0.6 is 15.9 Å². The van der Waals surface area contributed by atoms with Crippen LogP contribution in [0.15, 0.2) is 45.8 Å². The van der Waals surface area contributed by atoms with Crippen LogP contribution in [0.25, 0.3) is 0 Å². The van der Waals surface area contributed by atoms with E-state index in [9.17, 15) is 17.2 Å². The number of nitrogens with zero attached hydrogens (tertiary/aromatic N) is 1. The molecule has 1 saturated heterocycles. The van der Waals surface area contributed by atoms with E-state index in [1.807, 2.05) is 12.1 Å². The van der Waals surface area contributed by atoms with Crippen molar-refractivity contribution in [3.05, 3.63) is 58.1 Å². The zero-order valence-electron chi connectivity index (χ0n) is 14.9. The molecule has 0 unspecified atom stereocenters. The summed E-state index contributed by atoms with van der Waals surface area (Å²) in [6, 6.07) is 8.96. The topological polar surface area (TPSA) is 49.4 Å². The fourth-order valence-electron chi connectivity index (χ4n) is 3.37. The Morgan fingerprint density at radius 2 is 1.89 bits per heavy atom. The Bertz CT molecular complexity index is 920. The SMILES string of the molecule is CCCN1CC[C@@H](c2ccc(NS(=O)(=O)c3ccc(F)c(Br)c3F)cc2)C1. The molecule has 4 nitrogen and oxygen atoms in total. The number of sulfonamides is 1. The molecule has 1 heterocycles. The molecule has 2 aromatic carbocycles. The molecule has 2 aromatic rings. The van der Waals surface area contributed by atoms with Crippen molar-refractivity contribution in [2.75, 3.05) is 24.4 Å². The summed E-state index contributed by atoms with van der Waals surface area (Å²) < 4.78 is 54.2. The maximum absolute atomic E-state index is 14.1. The standard InChI is InChI=1S/C19H21BrF2N2O2S/c1-2-10-24-11-9-14(12-24)13-3-5-15(6-4-13)23-27(25,26)17-8-7-16(21)18(20)19(17)22/h3-8,14,23H,2,9-12H2,1H3/t14-/m1/s1. The fourth-order valence-corrected chi connectivity index (χ4v) is 4.99. The molecule has 0 saturated carbocycles. The number of likely N-dealkylation sites (tertiary alicyclic amines) is 1. The Morgan fingerprint density at radius 1 is 1.19 bits per heavy atom. The van der Waals surface area contributed by atoms with Gasteiger partial charge in [0, 0.05) is 12.2 Å². The molecular weight excluding hydrogens is 438 g/mol. The first-order chi connectivity index (χ1) is 12.8. The summed E-state index contributed by atoms with van der Waals surface area (Å²) in [5.74, 6) is -1.57. The highest BCUT2D eigenvalue weighted by atomic mass is 79.9. The van der Waals surface area contributed by atoms with Crippen LogP contribution in [0.1, 0.15) is 31.2 Å². The van der Waals surface area contributed by atoms with Crippen LogP contribution in [0.4, 0.5) is 14.5 Å². The third-order valence-electron chi connectivity index (χ3n) is 4.74. The molecule has 1 atom stereocenters. The molecule has 146 valence electrons. The lowest BCUT2D eigenvalue weighted by atomic mass is 9.98. The first-order valence-electron chi connectivity index (χ1n) is 8.80. The van der Waals surface area contributed by atoms with Crippen molar-refractivity contribution in [3.8, 4) is 0 Å². The summed E-state index contributed by atoms with van der Waals surface area (Å²) in [6.45, 7) is 5.34. The van der Waals surface area contributed by atoms with Gasteiger partial charge in [-0.2, -0.15) is 0 Å². The predicted molar refractivity (Wildman–Crippen MR) is 105 cm³/mol. The number of anilines is 1. The van der Waals surface area contributed by atoms with E-state index in [-0.39, 0.29) is 0 Å². The number of hydrogen-bond donors (Lipinski definition) is 1. The van der Waals surface area contributed by atoms with Crippen molar-refractivity contribution in [1.29, 1.82) is 0 Å². The van der Waals surface area contributed by atoms with Crippen molar-refractivity contribution < 1.29 is 17.2 Å². The number of rotatable bonds is 6. The second kappa shape index (κ2) is 8.24. The zero-order chi connectivity index (χ0) is 19.6. The Hall–Kier alpha value is -1.51. The van der Waals surface area contributed by atoms with E-state index in [0.717, 1.165) is 50.2 Å². The molecule has 0 amide bonds. The minimum absolute atomic E-state index is 0.335. The molecule has 8 heteroatoms. The molecule has 27 heavy (non-hydrogen) atoms. The van der Waals surface area contributed by atoms with Crippen molar-refractivity contribution in [1.82, 2.24) is 4.90 Å². The van der Waals surface area contributed by atoms with Gasteiger partial charge in [0.15, 0.2) is 5.82 Å². The van der Waals surface area contributed by atoms with Gasteiger partial charge in [0.1, 0.15) is 10.7 Å². The average molecular weight is 459 g/mol. The first kappa shape index (κ1) is 20.2. The zero-order valence-corrected chi connectivity index (χ0v) is 17.3. The Kier molecular flexibility index (Phi) is 6.18. The molecule has 0 radical (unpaired) electrons. The minimum Gasteiger partial charge on any atom is -0.303 e. The van der Waals surface area contributed by atoms with Gasteiger partial charge in [-0.3, -0.25) is 4.72 Å². The van der Waals surface area contributed by atoms with Crippen LogP contribution < -0.4 is 4.72 Å². The third kappa shape index (κ3) is 4.50. The van der Waals surface area contributed by atoms with Gasteiger partial charge in [-0.15, -0.1) is 0 Å². The van der Waals surface area contributed by atoms with Gasteiger partial charge < -0.3 is 4.90 Å². The summed E-state index contributed by atoms with van der Waals surface area (Å²) in [5.41, 5.74) is 1.49. The Morgan fingerprint density at radius 3 is 2.56 bits per heavy atom. The smallest absolute Gasteiger partial charge is 0.264 e. The minimum atomic E-state index is -4.16. The van der Waals surface area contributed by atoms with Crippen LogP contribution in [0.3, 0.4) is 0 Å². The Labute approximate surface area is 166 Å². The van der Waals surface area contributed by atoms with E-state index in [1.54, 1.807) is 12.1 Å². The number of halogens is 3. The maximum Gasteiger partial charge on any atom is 0.264 e. The molecule has 0 spiro atoms. The second-order valence-electron chi connectivity index (χ2n) is 6.69. The van der Waals surface area contributed by atoms with Gasteiger partial charge in [-0.1, -0.05) is 19.1 Å². The average Bonchev–Trinajstić information content (AvgIpc) is 3.09. The van der Waals surface area contributed by atoms with Crippen molar-refractivity contribution in [2.24, 2.45) is 0 Å². The number of nitrogens with one attached hydrogen (secondary N) is 1. The third-order valence-corrected chi connectivity index (χ3v) is 6.86. The maximum atomic E-state index is 14.1. The monoisotopic (exact) mass is 458 g/mol. The van der Waals surface area contributed by atoms with Gasteiger partial charge in [0.25, 0.3) is 10.0 Å². The van der Waals surface area contributed by atoms with Crippen LogP contribution in [0.2, 0.25) is 0 Å². The molecule has 0 aliphatic carbocycles. The van der Waals surface area contributed by atoms with E-state index in [0.29, 0.717) is 11.6 Å². The molecular formula is C19H21BrF2N2O2S. The lowest BCUT2D eigenvalue weighted by Crippen LogP contribution is -2.20. The fraction of sp³-hybridized carbons (Fsp3) is 0.368. The van der Waals surface area contributed by atoms with E-state index in [1.165, 1.54) is 0 Å². The van der Waals surface area contributed by atoms with Crippen LogP contribution in [-0.2, 0) is 10.0 Å². The van der Waals surface area contributed by atoms with Gasteiger partial charge in [0.2, 0.25) is 0 Å². The summed E-state index contributed by atoms with van der Waals surface area (Å²) in [6.07, 6.45) is 2.21. The van der Waals surface area contributed by atoms with Gasteiger partial charge >= 0.3 is 0 Å². The number of benzene rings is 2. The quantitative estimate of drug-likeness (QED) is 0.636. The second-order valence-corrected chi connectivity index (χ2v) is 9.13. The normalized spacial score (nSPS) is 18.0. The van der Waals surface area contributed by atoms with Crippen LogP contribution in [0.5, 0.6) is 0 Å². The van der Waals surface area contributed by atoms with Crippen LogP contribution in [-0.4, -0.2) is 33.0 Å². The molecule has 3 rings (SSSR count). The largest absolute Gasteiger partial charge is 0.303 e. The highest BCUT2D eigenvalue weighted by Crippen LogP contribution is 2.30. The first-order valence-corrected chi connectivity index (χ1v) is 11.1. The molecule has 0 bridgehead atoms.